The van der Waals surface area contributed by atoms with E-state index in [2.05, 4.69) is 10.5 Å². The molecule has 2 rings (SSSR count). The maximum Gasteiger partial charge on any atom is 0.337 e. The molecule has 112 valence electrons. The SMILES string of the molecule is CN.COC(=O)c1ccc(OCc2ccccc2)c(F)c1. The lowest BCUT2D eigenvalue weighted by Crippen LogP contribution is -2.03. The van der Waals surface area contributed by atoms with E-state index in [1.54, 1.807) is 0 Å². The molecule has 2 aromatic carbocycles. The summed E-state index contributed by atoms with van der Waals surface area (Å²) >= 11 is 0. The first kappa shape index (κ1) is 16.7. The van der Waals surface area contributed by atoms with E-state index < -0.39 is 11.8 Å². The molecule has 0 atom stereocenters. The highest BCUT2D eigenvalue weighted by Crippen LogP contribution is 2.20. The number of hydrogen-bond donors (Lipinski definition) is 1. The van der Waals surface area contributed by atoms with E-state index in [1.807, 2.05) is 30.3 Å². The number of hydrogen-bond acceptors (Lipinski definition) is 4. The van der Waals surface area contributed by atoms with Gasteiger partial charge in [0.1, 0.15) is 6.61 Å². The van der Waals surface area contributed by atoms with Crippen molar-refractivity contribution in [3.63, 3.8) is 0 Å². The van der Waals surface area contributed by atoms with Gasteiger partial charge >= 0.3 is 5.97 Å². The number of esters is 1. The van der Waals surface area contributed by atoms with Crippen LogP contribution in [0.15, 0.2) is 48.5 Å². The van der Waals surface area contributed by atoms with Crippen molar-refractivity contribution >= 4 is 5.97 Å². The van der Waals surface area contributed by atoms with Gasteiger partial charge in [0.15, 0.2) is 11.6 Å². The monoisotopic (exact) mass is 291 g/mol. The lowest BCUT2D eigenvalue weighted by Gasteiger charge is -2.08. The van der Waals surface area contributed by atoms with Gasteiger partial charge < -0.3 is 15.2 Å². The molecule has 0 fully saturated rings. The Balaban J connectivity index is 0.00000106. The molecular formula is C16H18FNO3. The predicted molar refractivity (Wildman–Crippen MR) is 78.6 cm³/mol. The van der Waals surface area contributed by atoms with Crippen LogP contribution in [0.2, 0.25) is 0 Å². The smallest absolute Gasteiger partial charge is 0.337 e. The number of halogens is 1. The zero-order valence-electron chi connectivity index (χ0n) is 12.0. The molecule has 0 unspecified atom stereocenters. The molecule has 4 nitrogen and oxygen atoms in total. The molecule has 2 aromatic rings. The van der Waals surface area contributed by atoms with Gasteiger partial charge in [-0.2, -0.15) is 0 Å². The number of carbonyl (C=O) groups is 1. The highest BCUT2D eigenvalue weighted by Gasteiger charge is 2.10. The zero-order chi connectivity index (χ0) is 15.7. The van der Waals surface area contributed by atoms with Crippen LogP contribution in [-0.4, -0.2) is 20.1 Å². The maximum absolute atomic E-state index is 13.7. The van der Waals surface area contributed by atoms with Gasteiger partial charge in [0, 0.05) is 0 Å². The van der Waals surface area contributed by atoms with Crippen LogP contribution >= 0.6 is 0 Å². The Morgan fingerprint density at radius 1 is 1.14 bits per heavy atom. The van der Waals surface area contributed by atoms with Crippen LogP contribution < -0.4 is 10.5 Å². The molecule has 0 aromatic heterocycles. The van der Waals surface area contributed by atoms with E-state index in [4.69, 9.17) is 4.74 Å². The molecule has 0 spiro atoms. The summed E-state index contributed by atoms with van der Waals surface area (Å²) in [6.07, 6.45) is 0. The van der Waals surface area contributed by atoms with Gasteiger partial charge in [0.05, 0.1) is 12.7 Å². The van der Waals surface area contributed by atoms with E-state index in [9.17, 15) is 9.18 Å². The van der Waals surface area contributed by atoms with Crippen molar-refractivity contribution in [1.29, 1.82) is 0 Å². The molecule has 0 aliphatic carbocycles. The normalized spacial score (nSPS) is 9.33. The molecule has 2 N–H and O–H groups in total. The highest BCUT2D eigenvalue weighted by molar-refractivity contribution is 5.89. The second-order valence-corrected chi connectivity index (χ2v) is 3.91. The molecule has 0 heterocycles. The molecule has 0 saturated heterocycles. The van der Waals surface area contributed by atoms with Crippen LogP contribution in [0.1, 0.15) is 15.9 Å². The van der Waals surface area contributed by atoms with Crippen molar-refractivity contribution in [1.82, 2.24) is 0 Å². The van der Waals surface area contributed by atoms with Crippen molar-refractivity contribution in [2.24, 2.45) is 5.73 Å². The topological polar surface area (TPSA) is 61.5 Å². The Kier molecular flexibility index (Phi) is 6.91. The molecule has 0 bridgehead atoms. The minimum Gasteiger partial charge on any atom is -0.486 e. The maximum atomic E-state index is 13.7. The third kappa shape index (κ3) is 4.89. The van der Waals surface area contributed by atoms with Gasteiger partial charge in [-0.05, 0) is 30.8 Å². The highest BCUT2D eigenvalue weighted by atomic mass is 19.1. The summed E-state index contributed by atoms with van der Waals surface area (Å²) in [5.41, 5.74) is 5.60. The van der Waals surface area contributed by atoms with Gasteiger partial charge in [0.2, 0.25) is 0 Å². The van der Waals surface area contributed by atoms with Crippen LogP contribution in [-0.2, 0) is 11.3 Å². The molecule has 21 heavy (non-hydrogen) atoms. The summed E-state index contributed by atoms with van der Waals surface area (Å²) in [5, 5.41) is 0. The first-order valence-corrected chi connectivity index (χ1v) is 6.33. The van der Waals surface area contributed by atoms with Gasteiger partial charge in [-0.25, -0.2) is 9.18 Å². The van der Waals surface area contributed by atoms with Crippen molar-refractivity contribution in [2.45, 2.75) is 6.61 Å². The molecule has 0 aliphatic heterocycles. The first-order valence-electron chi connectivity index (χ1n) is 6.33. The second kappa shape index (κ2) is 8.71. The van der Waals surface area contributed by atoms with Gasteiger partial charge in [-0.3, -0.25) is 0 Å². The van der Waals surface area contributed by atoms with E-state index in [0.717, 1.165) is 11.6 Å². The standard InChI is InChI=1S/C15H13FO3.CH5N/c1-18-15(17)12-7-8-14(13(16)9-12)19-10-11-5-3-2-4-6-11;1-2/h2-9H,10H2,1H3;2H2,1H3. The van der Waals surface area contributed by atoms with E-state index >= 15 is 0 Å². The molecule has 5 heteroatoms. The fraction of sp³-hybridized carbons (Fsp3) is 0.188. The summed E-state index contributed by atoms with van der Waals surface area (Å²) in [7, 11) is 2.75. The van der Waals surface area contributed by atoms with Crippen LogP contribution in [0.25, 0.3) is 0 Å². The van der Waals surface area contributed by atoms with Crippen LogP contribution in [0, 0.1) is 5.82 Å². The van der Waals surface area contributed by atoms with Gasteiger partial charge in [0.25, 0.3) is 0 Å². The Hall–Kier alpha value is -2.40. The lowest BCUT2D eigenvalue weighted by atomic mass is 10.2. The molecule has 0 amide bonds. The van der Waals surface area contributed by atoms with Crippen LogP contribution in [0.5, 0.6) is 5.75 Å². The number of rotatable bonds is 4. The quantitative estimate of drug-likeness (QED) is 0.880. The van der Waals surface area contributed by atoms with E-state index in [-0.39, 0.29) is 17.9 Å². The largest absolute Gasteiger partial charge is 0.486 e. The number of ether oxygens (including phenoxy) is 2. The minimum atomic E-state index is -0.584. The van der Waals surface area contributed by atoms with Gasteiger partial charge in [-0.15, -0.1) is 0 Å². The van der Waals surface area contributed by atoms with Crippen LogP contribution in [0.4, 0.5) is 4.39 Å². The first-order chi connectivity index (χ1) is 10.2. The predicted octanol–water partition coefficient (Wildman–Crippen LogP) is 2.77. The van der Waals surface area contributed by atoms with Crippen molar-refractivity contribution in [3.8, 4) is 5.75 Å². The molecule has 0 radical (unpaired) electrons. The summed E-state index contributed by atoms with van der Waals surface area (Å²) < 4.78 is 23.6. The fourth-order valence-electron chi connectivity index (χ4n) is 1.60. The van der Waals surface area contributed by atoms with Crippen molar-refractivity contribution in [2.75, 3.05) is 14.2 Å². The average molecular weight is 291 g/mol. The Morgan fingerprint density at radius 2 is 1.81 bits per heavy atom. The third-order valence-corrected chi connectivity index (χ3v) is 2.59. The second-order valence-electron chi connectivity index (χ2n) is 3.91. The third-order valence-electron chi connectivity index (χ3n) is 2.59. The minimum absolute atomic E-state index is 0.108. The van der Waals surface area contributed by atoms with Crippen molar-refractivity contribution in [3.05, 3.63) is 65.5 Å². The number of carbonyl (C=O) groups excluding carboxylic acids is 1. The summed E-state index contributed by atoms with van der Waals surface area (Å²) in [5.74, 6) is -1.05. The number of benzene rings is 2. The van der Waals surface area contributed by atoms with E-state index in [1.165, 1.54) is 26.3 Å². The number of nitrogens with two attached hydrogens (primary N) is 1. The van der Waals surface area contributed by atoms with E-state index in [0.29, 0.717) is 0 Å². The van der Waals surface area contributed by atoms with Gasteiger partial charge in [-0.1, -0.05) is 30.3 Å². The van der Waals surface area contributed by atoms with Crippen molar-refractivity contribution < 1.29 is 18.7 Å². The fourth-order valence-corrected chi connectivity index (χ4v) is 1.60. The zero-order valence-corrected chi connectivity index (χ0v) is 12.0. The Labute approximate surface area is 123 Å². The number of methoxy groups -OCH3 is 1. The summed E-state index contributed by atoms with van der Waals surface area (Å²) in [6, 6.07) is 13.4. The Morgan fingerprint density at radius 3 is 2.38 bits per heavy atom. The summed E-state index contributed by atoms with van der Waals surface area (Å²) in [6.45, 7) is 0.273. The molecular weight excluding hydrogens is 273 g/mol. The lowest BCUT2D eigenvalue weighted by molar-refractivity contribution is 0.0600. The summed E-state index contributed by atoms with van der Waals surface area (Å²) in [4.78, 5) is 11.2. The molecule has 0 aliphatic rings. The average Bonchev–Trinajstić information content (AvgIpc) is 2.55. The Bertz CT molecular complexity index is 573. The molecule has 0 saturated carbocycles. The van der Waals surface area contributed by atoms with Crippen LogP contribution in [0.3, 0.4) is 0 Å².